The van der Waals surface area contributed by atoms with Crippen LogP contribution in [0.3, 0.4) is 0 Å². The van der Waals surface area contributed by atoms with E-state index in [0.717, 1.165) is 30.6 Å². The van der Waals surface area contributed by atoms with Crippen molar-refractivity contribution in [1.29, 1.82) is 0 Å². The van der Waals surface area contributed by atoms with Crippen LogP contribution in [0.4, 0.5) is 18.9 Å². The SMILES string of the molecule is CN1C(=O)CCc2cc(CC(F)(F)F)c(CN[C@H]3CCCN[C@H]3c3ccccc3)cc21. The first-order valence-electron chi connectivity index (χ1n) is 10.8. The molecule has 2 N–H and O–H groups in total. The number of fused-ring (bicyclic) bond motifs is 1. The summed E-state index contributed by atoms with van der Waals surface area (Å²) in [6.07, 6.45) is -2.46. The molecule has 0 saturated carbocycles. The number of benzene rings is 2. The van der Waals surface area contributed by atoms with Crippen LogP contribution in [0.2, 0.25) is 0 Å². The Kier molecular flexibility index (Phi) is 6.34. The van der Waals surface area contributed by atoms with Gasteiger partial charge in [0.1, 0.15) is 0 Å². The Morgan fingerprint density at radius 2 is 1.90 bits per heavy atom. The minimum absolute atomic E-state index is 0.00407. The number of carbonyl (C=O) groups excluding carboxylic acids is 1. The van der Waals surface area contributed by atoms with E-state index in [-0.39, 0.29) is 18.0 Å². The zero-order valence-corrected chi connectivity index (χ0v) is 17.6. The second-order valence-corrected chi connectivity index (χ2v) is 8.47. The van der Waals surface area contributed by atoms with Crippen LogP contribution in [0, 0.1) is 0 Å². The summed E-state index contributed by atoms with van der Waals surface area (Å²) >= 11 is 0. The van der Waals surface area contributed by atoms with E-state index in [1.54, 1.807) is 24.1 Å². The van der Waals surface area contributed by atoms with E-state index in [9.17, 15) is 18.0 Å². The van der Waals surface area contributed by atoms with Gasteiger partial charge in [-0.25, -0.2) is 0 Å². The molecule has 31 heavy (non-hydrogen) atoms. The highest BCUT2D eigenvalue weighted by molar-refractivity contribution is 5.96. The molecule has 0 aliphatic carbocycles. The lowest BCUT2D eigenvalue weighted by molar-refractivity contribution is -0.127. The van der Waals surface area contributed by atoms with Crippen LogP contribution in [0.1, 0.15) is 47.6 Å². The van der Waals surface area contributed by atoms with E-state index >= 15 is 0 Å². The summed E-state index contributed by atoms with van der Waals surface area (Å²) < 4.78 is 39.8. The number of aryl methyl sites for hydroxylation is 1. The Bertz CT molecular complexity index is 930. The quantitative estimate of drug-likeness (QED) is 0.743. The van der Waals surface area contributed by atoms with Gasteiger partial charge in [-0.1, -0.05) is 36.4 Å². The highest BCUT2D eigenvalue weighted by atomic mass is 19.4. The lowest BCUT2D eigenvalue weighted by Crippen LogP contribution is -2.45. The van der Waals surface area contributed by atoms with Crippen molar-refractivity contribution >= 4 is 11.6 Å². The molecule has 2 atom stereocenters. The Balaban J connectivity index is 1.59. The molecule has 0 radical (unpaired) electrons. The van der Waals surface area contributed by atoms with Crippen LogP contribution >= 0.6 is 0 Å². The van der Waals surface area contributed by atoms with E-state index in [0.29, 0.717) is 30.5 Å². The predicted octanol–water partition coefficient (Wildman–Crippen LogP) is 4.28. The lowest BCUT2D eigenvalue weighted by Gasteiger charge is -2.34. The van der Waals surface area contributed by atoms with Crippen LogP contribution < -0.4 is 15.5 Å². The number of amides is 1. The summed E-state index contributed by atoms with van der Waals surface area (Å²) in [5.41, 5.74) is 3.61. The third kappa shape index (κ3) is 5.10. The van der Waals surface area contributed by atoms with Gasteiger partial charge in [0.25, 0.3) is 0 Å². The van der Waals surface area contributed by atoms with Crippen molar-refractivity contribution in [2.45, 2.75) is 56.9 Å². The van der Waals surface area contributed by atoms with E-state index in [1.807, 2.05) is 18.2 Å². The fraction of sp³-hybridized carbons (Fsp3) is 0.458. The third-order valence-electron chi connectivity index (χ3n) is 6.31. The fourth-order valence-electron chi connectivity index (χ4n) is 4.69. The molecular formula is C24H28F3N3O. The molecule has 2 aliphatic rings. The first kappa shape index (κ1) is 21.8. The van der Waals surface area contributed by atoms with Crippen molar-refractivity contribution in [3.05, 3.63) is 64.7 Å². The molecule has 1 amide bonds. The molecule has 7 heteroatoms. The average molecular weight is 432 g/mol. The summed E-state index contributed by atoms with van der Waals surface area (Å²) in [5, 5.41) is 7.05. The second kappa shape index (κ2) is 9.01. The lowest BCUT2D eigenvalue weighted by atomic mass is 9.91. The summed E-state index contributed by atoms with van der Waals surface area (Å²) in [7, 11) is 1.69. The zero-order valence-electron chi connectivity index (χ0n) is 17.6. The van der Waals surface area contributed by atoms with Crippen molar-refractivity contribution in [1.82, 2.24) is 10.6 Å². The van der Waals surface area contributed by atoms with E-state index in [2.05, 4.69) is 22.8 Å². The minimum Gasteiger partial charge on any atom is -0.315 e. The number of carbonyl (C=O) groups is 1. The highest BCUT2D eigenvalue weighted by Gasteiger charge is 2.32. The number of hydrogen-bond acceptors (Lipinski definition) is 3. The average Bonchev–Trinajstić information content (AvgIpc) is 2.75. The zero-order chi connectivity index (χ0) is 22.0. The van der Waals surface area contributed by atoms with Crippen LogP contribution in [0.15, 0.2) is 42.5 Å². The third-order valence-corrected chi connectivity index (χ3v) is 6.31. The van der Waals surface area contributed by atoms with Gasteiger partial charge in [0.05, 0.1) is 6.42 Å². The Morgan fingerprint density at radius 3 is 2.65 bits per heavy atom. The molecule has 0 unspecified atom stereocenters. The number of nitrogens with one attached hydrogen (secondary N) is 2. The summed E-state index contributed by atoms with van der Waals surface area (Å²) in [6.45, 7) is 1.25. The van der Waals surface area contributed by atoms with Gasteiger partial charge in [-0.15, -0.1) is 0 Å². The normalized spacial score (nSPS) is 21.8. The van der Waals surface area contributed by atoms with Gasteiger partial charge in [0.2, 0.25) is 5.91 Å². The van der Waals surface area contributed by atoms with Crippen molar-refractivity contribution in [2.24, 2.45) is 0 Å². The largest absolute Gasteiger partial charge is 0.393 e. The summed E-state index contributed by atoms with van der Waals surface area (Å²) in [4.78, 5) is 13.7. The van der Waals surface area contributed by atoms with Crippen molar-refractivity contribution < 1.29 is 18.0 Å². The minimum atomic E-state index is -4.28. The van der Waals surface area contributed by atoms with Gasteiger partial charge in [0, 0.05) is 37.8 Å². The maximum Gasteiger partial charge on any atom is 0.393 e. The summed E-state index contributed by atoms with van der Waals surface area (Å²) in [6, 6.07) is 13.8. The smallest absolute Gasteiger partial charge is 0.315 e. The number of anilines is 1. The maximum absolute atomic E-state index is 13.3. The number of alkyl halides is 3. The number of nitrogens with zero attached hydrogens (tertiary/aromatic N) is 1. The molecule has 1 saturated heterocycles. The molecule has 0 aromatic heterocycles. The Morgan fingerprint density at radius 1 is 1.13 bits per heavy atom. The van der Waals surface area contributed by atoms with Crippen LogP contribution in [0.25, 0.3) is 0 Å². The Hall–Kier alpha value is -2.38. The Labute approximate surface area is 180 Å². The molecule has 1 fully saturated rings. The van der Waals surface area contributed by atoms with Gasteiger partial charge in [-0.05, 0) is 54.1 Å². The van der Waals surface area contributed by atoms with Gasteiger partial charge in [-0.3, -0.25) is 4.79 Å². The molecule has 166 valence electrons. The molecule has 2 aliphatic heterocycles. The van der Waals surface area contributed by atoms with Gasteiger partial charge >= 0.3 is 6.18 Å². The van der Waals surface area contributed by atoms with Gasteiger partial charge in [0.15, 0.2) is 0 Å². The van der Waals surface area contributed by atoms with Crippen LogP contribution in [-0.2, 0) is 24.2 Å². The highest BCUT2D eigenvalue weighted by Crippen LogP contribution is 2.33. The van der Waals surface area contributed by atoms with Crippen molar-refractivity contribution in [3.63, 3.8) is 0 Å². The summed E-state index contributed by atoms with van der Waals surface area (Å²) in [5.74, 6) is -0.00407. The predicted molar refractivity (Wildman–Crippen MR) is 115 cm³/mol. The van der Waals surface area contributed by atoms with Crippen LogP contribution in [0.5, 0.6) is 0 Å². The van der Waals surface area contributed by atoms with Crippen LogP contribution in [-0.4, -0.2) is 31.7 Å². The topological polar surface area (TPSA) is 44.4 Å². The van der Waals surface area contributed by atoms with E-state index < -0.39 is 12.6 Å². The fourth-order valence-corrected chi connectivity index (χ4v) is 4.69. The monoisotopic (exact) mass is 431 g/mol. The van der Waals surface area contributed by atoms with Gasteiger partial charge < -0.3 is 15.5 Å². The molecule has 0 bridgehead atoms. The maximum atomic E-state index is 13.3. The molecular weight excluding hydrogens is 403 g/mol. The number of halogens is 3. The molecule has 4 nitrogen and oxygen atoms in total. The molecule has 4 rings (SSSR count). The van der Waals surface area contributed by atoms with Crippen molar-refractivity contribution in [2.75, 3.05) is 18.5 Å². The standard InChI is InChI=1S/C24H28F3N3O/c1-30-21-13-19(18(14-24(25,26)27)12-17(21)9-10-22(30)31)15-29-20-8-5-11-28-23(20)16-6-3-2-4-7-16/h2-4,6-7,12-13,20,23,28-29H,5,8-11,14-15H2,1H3/t20-,23-/m0/s1. The second-order valence-electron chi connectivity index (χ2n) is 8.47. The molecule has 2 aromatic rings. The molecule has 2 aromatic carbocycles. The number of rotatable bonds is 5. The number of piperidine rings is 1. The first-order chi connectivity index (χ1) is 14.8. The number of hydrogen-bond donors (Lipinski definition) is 2. The van der Waals surface area contributed by atoms with Gasteiger partial charge in [-0.2, -0.15) is 13.2 Å². The van der Waals surface area contributed by atoms with Crippen molar-refractivity contribution in [3.8, 4) is 0 Å². The molecule has 0 spiro atoms. The van der Waals surface area contributed by atoms with E-state index in [4.69, 9.17) is 0 Å². The first-order valence-corrected chi connectivity index (χ1v) is 10.8. The van der Waals surface area contributed by atoms with E-state index in [1.165, 1.54) is 5.56 Å². The molecule has 2 heterocycles.